The summed E-state index contributed by atoms with van der Waals surface area (Å²) in [6.45, 7) is 2.73. The molecule has 0 bridgehead atoms. The zero-order valence-corrected chi connectivity index (χ0v) is 17.8. The van der Waals surface area contributed by atoms with Crippen molar-refractivity contribution in [1.82, 2.24) is 19.0 Å². The first-order valence-corrected chi connectivity index (χ1v) is 11.2. The lowest BCUT2D eigenvalue weighted by Crippen LogP contribution is -2.25. The maximum Gasteiger partial charge on any atom is 0.393 e. The molecule has 3 aromatic rings. The number of hydrogen-bond donors (Lipinski definition) is 1. The van der Waals surface area contributed by atoms with E-state index in [-0.39, 0.29) is 18.9 Å². The maximum atomic E-state index is 13.0. The van der Waals surface area contributed by atoms with Gasteiger partial charge < -0.3 is 9.72 Å². The highest BCUT2D eigenvalue weighted by molar-refractivity contribution is 8.13. The molecule has 31 heavy (non-hydrogen) atoms. The smallest absolute Gasteiger partial charge is 0.348 e. The number of benzene rings is 1. The van der Waals surface area contributed by atoms with Crippen LogP contribution in [0, 0.1) is 5.92 Å². The normalized spacial score (nSPS) is 18.5. The van der Waals surface area contributed by atoms with E-state index in [2.05, 4.69) is 10.3 Å². The molecule has 3 heterocycles. The lowest BCUT2D eigenvalue weighted by molar-refractivity contribution is -0.169. The molecule has 2 unspecified atom stereocenters. The Morgan fingerprint density at radius 3 is 2.71 bits per heavy atom. The van der Waals surface area contributed by atoms with Gasteiger partial charge in [-0.25, -0.2) is 4.98 Å². The number of hydrogen-bond acceptors (Lipinski definition) is 3. The Bertz CT molecular complexity index is 1110. The minimum atomic E-state index is -4.14. The van der Waals surface area contributed by atoms with E-state index >= 15 is 0 Å². The third-order valence-corrected chi connectivity index (χ3v) is 7.47. The van der Waals surface area contributed by atoms with Crippen molar-refractivity contribution in [3.05, 3.63) is 66.1 Å². The van der Waals surface area contributed by atoms with Crippen LogP contribution in [0.2, 0.25) is 0 Å². The minimum Gasteiger partial charge on any atom is -0.348 e. The molecule has 1 amide bonds. The zero-order chi connectivity index (χ0) is 22.0. The molecule has 2 atom stereocenters. The lowest BCUT2D eigenvalue weighted by Gasteiger charge is -2.22. The average Bonchev–Trinajstić information content (AvgIpc) is 3.42. The van der Waals surface area contributed by atoms with Crippen LogP contribution in [0.4, 0.5) is 13.2 Å². The number of amides is 1. The second-order valence-corrected chi connectivity index (χ2v) is 9.49. The molecule has 1 saturated heterocycles. The minimum absolute atomic E-state index is 0.0377. The molecule has 0 spiro atoms. The SMILES string of the molecule is C/C=S(\c1ccc(CNC(=O)c2ccc3nccn3c2)cc1)N1CCC(C(F)(F)F)C1. The van der Waals surface area contributed by atoms with Gasteiger partial charge in [0.1, 0.15) is 5.65 Å². The Morgan fingerprint density at radius 2 is 2.03 bits per heavy atom. The third kappa shape index (κ3) is 4.83. The Morgan fingerprint density at radius 1 is 1.26 bits per heavy atom. The largest absolute Gasteiger partial charge is 0.393 e. The first kappa shape index (κ1) is 21.6. The predicted molar refractivity (Wildman–Crippen MR) is 116 cm³/mol. The molecule has 1 N–H and O–H groups in total. The van der Waals surface area contributed by atoms with E-state index in [0.29, 0.717) is 18.7 Å². The summed E-state index contributed by atoms with van der Waals surface area (Å²) < 4.78 is 42.7. The molecule has 1 fully saturated rings. The monoisotopic (exact) mass is 448 g/mol. The Labute approximate surface area is 181 Å². The molecule has 1 aromatic carbocycles. The van der Waals surface area contributed by atoms with Gasteiger partial charge in [-0.2, -0.15) is 13.2 Å². The molecule has 0 radical (unpaired) electrons. The van der Waals surface area contributed by atoms with Crippen molar-refractivity contribution in [1.29, 1.82) is 0 Å². The van der Waals surface area contributed by atoms with Crippen LogP contribution in [0.15, 0.2) is 59.9 Å². The fourth-order valence-electron chi connectivity index (χ4n) is 3.69. The van der Waals surface area contributed by atoms with Crippen LogP contribution in [0.5, 0.6) is 0 Å². The summed E-state index contributed by atoms with van der Waals surface area (Å²) in [6, 6.07) is 11.2. The number of carbonyl (C=O) groups excluding carboxylic acids is 1. The van der Waals surface area contributed by atoms with Gasteiger partial charge in [0.2, 0.25) is 0 Å². The molecule has 4 rings (SSSR count). The number of imidazole rings is 1. The second kappa shape index (κ2) is 8.84. The summed E-state index contributed by atoms with van der Waals surface area (Å²) in [5.74, 6) is -1.44. The number of pyridine rings is 1. The average molecular weight is 449 g/mol. The molecule has 0 aliphatic carbocycles. The van der Waals surface area contributed by atoms with Gasteiger partial charge in [0.25, 0.3) is 5.91 Å². The predicted octanol–water partition coefficient (Wildman–Crippen LogP) is 4.51. The summed E-state index contributed by atoms with van der Waals surface area (Å²) >= 11 is 0. The van der Waals surface area contributed by atoms with E-state index in [1.807, 2.05) is 40.9 Å². The first-order valence-electron chi connectivity index (χ1n) is 9.99. The van der Waals surface area contributed by atoms with E-state index in [0.717, 1.165) is 16.1 Å². The topological polar surface area (TPSA) is 49.6 Å². The molecule has 2 aromatic heterocycles. The van der Waals surface area contributed by atoms with Crippen LogP contribution < -0.4 is 5.32 Å². The Kier molecular flexibility index (Phi) is 6.15. The Balaban J connectivity index is 1.38. The fourth-order valence-corrected chi connectivity index (χ4v) is 5.62. The van der Waals surface area contributed by atoms with Gasteiger partial charge in [0, 0.05) is 43.1 Å². The van der Waals surface area contributed by atoms with Gasteiger partial charge in [0.15, 0.2) is 0 Å². The number of halogens is 3. The highest BCUT2D eigenvalue weighted by Gasteiger charge is 2.44. The molecule has 0 saturated carbocycles. The molecule has 5 nitrogen and oxygen atoms in total. The van der Waals surface area contributed by atoms with Gasteiger partial charge in [0.05, 0.1) is 11.5 Å². The van der Waals surface area contributed by atoms with Crippen molar-refractivity contribution in [3.8, 4) is 0 Å². The van der Waals surface area contributed by atoms with Crippen molar-refractivity contribution in [2.75, 3.05) is 13.1 Å². The van der Waals surface area contributed by atoms with E-state index in [1.54, 1.807) is 35.1 Å². The maximum absolute atomic E-state index is 13.0. The summed E-state index contributed by atoms with van der Waals surface area (Å²) in [5, 5.41) is 4.86. The summed E-state index contributed by atoms with van der Waals surface area (Å²) in [5.41, 5.74) is 2.24. The van der Waals surface area contributed by atoms with Crippen molar-refractivity contribution >= 4 is 27.6 Å². The van der Waals surface area contributed by atoms with Crippen molar-refractivity contribution in [3.63, 3.8) is 0 Å². The van der Waals surface area contributed by atoms with Gasteiger partial charge in [-0.05, 0) is 48.5 Å². The highest BCUT2D eigenvalue weighted by Crippen LogP contribution is 2.40. The van der Waals surface area contributed by atoms with Crippen molar-refractivity contribution in [2.45, 2.75) is 31.0 Å². The molecule has 1 aliphatic rings. The number of alkyl halides is 3. The molecule has 1 aliphatic heterocycles. The molecule has 164 valence electrons. The molecular formula is C22H23F3N4OS. The van der Waals surface area contributed by atoms with Crippen molar-refractivity contribution < 1.29 is 18.0 Å². The van der Waals surface area contributed by atoms with Gasteiger partial charge in [-0.1, -0.05) is 22.8 Å². The lowest BCUT2D eigenvalue weighted by atomic mass is 10.1. The van der Waals surface area contributed by atoms with Crippen LogP contribution in [0.25, 0.3) is 5.65 Å². The van der Waals surface area contributed by atoms with Gasteiger partial charge in [-0.15, -0.1) is 0 Å². The van der Waals surface area contributed by atoms with Crippen LogP contribution >= 0.6 is 10.7 Å². The standard InChI is InChI=1S/C22H23F3N4OS/c1-2-31(29-11-9-18(15-29)22(23,24)25)19-6-3-16(4-7-19)13-27-21(30)17-5-8-20-26-10-12-28(20)14-17/h2-8,10,12,14,18H,9,11,13,15H2,1H3,(H,27,30). The number of nitrogens with one attached hydrogen (secondary N) is 1. The number of nitrogens with zero attached hydrogens (tertiary/aromatic N) is 3. The van der Waals surface area contributed by atoms with E-state index < -0.39 is 22.8 Å². The number of rotatable bonds is 5. The van der Waals surface area contributed by atoms with E-state index in [9.17, 15) is 18.0 Å². The number of aromatic nitrogens is 2. The van der Waals surface area contributed by atoms with Crippen LogP contribution in [0.3, 0.4) is 0 Å². The third-order valence-electron chi connectivity index (χ3n) is 5.38. The van der Waals surface area contributed by atoms with Crippen LogP contribution in [-0.4, -0.2) is 44.2 Å². The zero-order valence-electron chi connectivity index (χ0n) is 17.0. The van der Waals surface area contributed by atoms with Crippen LogP contribution in [0.1, 0.15) is 29.3 Å². The van der Waals surface area contributed by atoms with Gasteiger partial charge in [-0.3, -0.25) is 9.10 Å². The highest BCUT2D eigenvalue weighted by atomic mass is 32.2. The molecular weight excluding hydrogens is 425 g/mol. The molecule has 9 heteroatoms. The summed E-state index contributed by atoms with van der Waals surface area (Å²) in [4.78, 5) is 17.6. The van der Waals surface area contributed by atoms with Gasteiger partial charge >= 0.3 is 6.18 Å². The fraction of sp³-hybridized carbons (Fsp3) is 0.318. The summed E-state index contributed by atoms with van der Waals surface area (Å²) in [7, 11) is -0.474. The second-order valence-electron chi connectivity index (χ2n) is 7.40. The number of carbonyl (C=O) groups is 1. The van der Waals surface area contributed by atoms with Crippen molar-refractivity contribution in [2.24, 2.45) is 5.92 Å². The van der Waals surface area contributed by atoms with Crippen LogP contribution in [-0.2, 0) is 6.54 Å². The Hall–Kier alpha value is -2.65. The quantitative estimate of drug-likeness (QED) is 0.584. The first-order chi connectivity index (χ1) is 14.8. The number of fused-ring (bicyclic) bond motifs is 1. The van der Waals surface area contributed by atoms with E-state index in [1.165, 1.54) is 0 Å². The van der Waals surface area contributed by atoms with E-state index in [4.69, 9.17) is 0 Å². The summed E-state index contributed by atoms with van der Waals surface area (Å²) in [6.07, 6.45) is 1.20.